The van der Waals surface area contributed by atoms with E-state index in [2.05, 4.69) is 34.6 Å². The Kier molecular flexibility index (Phi) is 9.74. The number of rotatable bonds is 8. The highest BCUT2D eigenvalue weighted by Gasteiger charge is 2.31. The first kappa shape index (κ1) is 29.0. The maximum absolute atomic E-state index is 13.4. The van der Waals surface area contributed by atoms with Gasteiger partial charge in [0.2, 0.25) is 5.91 Å². The van der Waals surface area contributed by atoms with Crippen molar-refractivity contribution < 1.29 is 23.8 Å². The zero-order valence-electron chi connectivity index (χ0n) is 23.1. The number of urea groups is 1. The van der Waals surface area contributed by atoms with Crippen LogP contribution >= 0.6 is 0 Å². The summed E-state index contributed by atoms with van der Waals surface area (Å²) < 4.78 is 19.8. The van der Waals surface area contributed by atoms with Gasteiger partial charge < -0.3 is 25.4 Å². The normalized spacial score (nSPS) is 18.1. The van der Waals surface area contributed by atoms with Crippen molar-refractivity contribution in [2.45, 2.75) is 39.0 Å². The topological polar surface area (TPSA) is 94.1 Å². The Bertz CT molecular complexity index is 1290. The zero-order chi connectivity index (χ0) is 28.6. The molecule has 0 radical (unpaired) electrons. The molecule has 4 rings (SSSR count). The van der Waals surface area contributed by atoms with Gasteiger partial charge in [0.05, 0.1) is 19.1 Å². The third kappa shape index (κ3) is 7.80. The molecular formula is C31H37FN4O4. The highest BCUT2D eigenvalue weighted by atomic mass is 19.1. The van der Waals surface area contributed by atoms with Crippen LogP contribution in [0.1, 0.15) is 25.0 Å². The van der Waals surface area contributed by atoms with E-state index >= 15 is 0 Å². The van der Waals surface area contributed by atoms with Crippen molar-refractivity contribution in [3.8, 4) is 5.75 Å². The number of aliphatic hydroxyl groups excluding tert-OH is 1. The summed E-state index contributed by atoms with van der Waals surface area (Å²) in [4.78, 5) is 29.9. The average Bonchev–Trinajstić information content (AvgIpc) is 2.97. The van der Waals surface area contributed by atoms with Crippen LogP contribution in [0, 0.1) is 11.7 Å². The van der Waals surface area contributed by atoms with Crippen molar-refractivity contribution in [1.82, 2.24) is 9.80 Å². The van der Waals surface area contributed by atoms with Crippen molar-refractivity contribution in [1.29, 1.82) is 0 Å². The number of carbonyl (C=O) groups is 2. The van der Waals surface area contributed by atoms with Crippen LogP contribution in [0.25, 0.3) is 0 Å². The maximum Gasteiger partial charge on any atom is 0.323 e. The van der Waals surface area contributed by atoms with Gasteiger partial charge in [-0.15, -0.1) is 0 Å². The number of aliphatic hydroxyl groups is 1. The molecule has 3 amide bonds. The second kappa shape index (κ2) is 13.4. The highest BCUT2D eigenvalue weighted by Crippen LogP contribution is 2.29. The van der Waals surface area contributed by atoms with Crippen LogP contribution < -0.4 is 15.4 Å². The maximum atomic E-state index is 13.4. The van der Waals surface area contributed by atoms with Gasteiger partial charge in [0.25, 0.3) is 0 Å². The molecule has 3 aromatic rings. The van der Waals surface area contributed by atoms with E-state index in [1.54, 1.807) is 23.1 Å². The molecule has 40 heavy (non-hydrogen) atoms. The Morgan fingerprint density at radius 2 is 1.77 bits per heavy atom. The van der Waals surface area contributed by atoms with Crippen molar-refractivity contribution in [3.63, 3.8) is 0 Å². The summed E-state index contributed by atoms with van der Waals surface area (Å²) in [6.07, 6.45) is -0.166. The van der Waals surface area contributed by atoms with Gasteiger partial charge in [0.15, 0.2) is 0 Å². The van der Waals surface area contributed by atoms with E-state index < -0.39 is 11.8 Å². The predicted molar refractivity (Wildman–Crippen MR) is 154 cm³/mol. The average molecular weight is 549 g/mol. The van der Waals surface area contributed by atoms with Crippen LogP contribution in [0.4, 0.5) is 20.6 Å². The summed E-state index contributed by atoms with van der Waals surface area (Å²) in [6, 6.07) is 20.1. The van der Waals surface area contributed by atoms with Gasteiger partial charge in [-0.05, 0) is 62.0 Å². The summed E-state index contributed by atoms with van der Waals surface area (Å²) >= 11 is 0. The fraction of sp³-hybridized carbons (Fsp3) is 0.355. The van der Waals surface area contributed by atoms with Gasteiger partial charge >= 0.3 is 6.03 Å². The lowest BCUT2D eigenvalue weighted by Crippen LogP contribution is -2.47. The number of benzene rings is 3. The Morgan fingerprint density at radius 3 is 2.48 bits per heavy atom. The number of likely N-dealkylation sites (N-methyl/N-ethyl adjacent to an activating group) is 1. The molecule has 3 N–H and O–H groups in total. The number of nitrogens with zero attached hydrogens (tertiary/aromatic N) is 2. The molecule has 0 fully saturated rings. The summed E-state index contributed by atoms with van der Waals surface area (Å²) in [7, 11) is 2.04. The number of hydrogen-bond donors (Lipinski definition) is 3. The van der Waals surface area contributed by atoms with E-state index in [4.69, 9.17) is 4.74 Å². The lowest BCUT2D eigenvalue weighted by Gasteiger charge is -2.34. The number of nitrogens with one attached hydrogen (secondary N) is 2. The van der Waals surface area contributed by atoms with Gasteiger partial charge in [0.1, 0.15) is 17.7 Å². The van der Waals surface area contributed by atoms with Crippen molar-refractivity contribution in [2.75, 3.05) is 37.4 Å². The third-order valence-electron chi connectivity index (χ3n) is 7.06. The van der Waals surface area contributed by atoms with Crippen LogP contribution in [-0.4, -0.2) is 65.7 Å². The zero-order valence-corrected chi connectivity index (χ0v) is 23.1. The number of hydrogen-bond acceptors (Lipinski definition) is 5. The fourth-order valence-corrected chi connectivity index (χ4v) is 4.82. The molecule has 0 spiro atoms. The fourth-order valence-electron chi connectivity index (χ4n) is 4.82. The smallest absolute Gasteiger partial charge is 0.323 e. The predicted octanol–water partition coefficient (Wildman–Crippen LogP) is 4.75. The molecule has 0 unspecified atom stereocenters. The molecule has 3 aromatic carbocycles. The van der Waals surface area contributed by atoms with Crippen LogP contribution in [-0.2, 0) is 17.8 Å². The number of ether oxygens (including phenoxy) is 1. The largest absolute Gasteiger partial charge is 0.488 e. The minimum Gasteiger partial charge on any atom is -0.488 e. The minimum atomic E-state index is -0.494. The first-order chi connectivity index (χ1) is 19.2. The highest BCUT2D eigenvalue weighted by molar-refractivity contribution is 5.99. The number of halogens is 1. The first-order valence-corrected chi connectivity index (χ1v) is 13.5. The molecular weight excluding hydrogens is 511 g/mol. The molecule has 0 saturated heterocycles. The lowest BCUT2D eigenvalue weighted by atomic mass is 10.0. The number of fused-ring (bicyclic) bond motifs is 1. The van der Waals surface area contributed by atoms with E-state index in [1.807, 2.05) is 32.2 Å². The molecule has 1 aliphatic rings. The van der Waals surface area contributed by atoms with Crippen molar-refractivity contribution in [3.05, 3.63) is 89.7 Å². The molecule has 0 aromatic heterocycles. The summed E-state index contributed by atoms with van der Waals surface area (Å²) in [5.41, 5.74) is 2.78. The van der Waals surface area contributed by atoms with Gasteiger partial charge in [-0.1, -0.05) is 37.3 Å². The Morgan fingerprint density at radius 1 is 1.10 bits per heavy atom. The molecule has 212 valence electrons. The number of anilines is 2. The molecule has 0 saturated carbocycles. The standard InChI is InChI=1S/C31H37FN4O4/c1-21-17-36(22(2)20-37)30(38)16-24-15-27(34-31(39)33-26-11-9-25(32)10-12-26)13-14-28(24)40-29(21)19-35(3)18-23-7-5-4-6-8-23/h4-15,21-22,29,37H,16-20H2,1-3H3,(H2,33,34,39)/t21-,22-,29-/m0/s1. The second-order valence-corrected chi connectivity index (χ2v) is 10.5. The summed E-state index contributed by atoms with van der Waals surface area (Å²) in [5.74, 6) is 0.0591. The molecule has 3 atom stereocenters. The van der Waals surface area contributed by atoms with E-state index in [9.17, 15) is 19.1 Å². The minimum absolute atomic E-state index is 0.0126. The van der Waals surface area contributed by atoms with Gasteiger partial charge in [-0.3, -0.25) is 9.69 Å². The Balaban J connectivity index is 1.55. The van der Waals surface area contributed by atoms with Crippen LogP contribution in [0.5, 0.6) is 5.75 Å². The number of carbonyl (C=O) groups excluding carboxylic acids is 2. The monoisotopic (exact) mass is 548 g/mol. The van der Waals surface area contributed by atoms with Crippen molar-refractivity contribution in [2.24, 2.45) is 5.92 Å². The quantitative estimate of drug-likeness (QED) is 0.378. The second-order valence-electron chi connectivity index (χ2n) is 10.5. The van der Waals surface area contributed by atoms with Crippen molar-refractivity contribution >= 4 is 23.3 Å². The first-order valence-electron chi connectivity index (χ1n) is 13.5. The van der Waals surface area contributed by atoms with E-state index in [0.29, 0.717) is 35.8 Å². The molecule has 8 nitrogen and oxygen atoms in total. The van der Waals surface area contributed by atoms with E-state index in [-0.39, 0.29) is 37.0 Å². The van der Waals surface area contributed by atoms with Gasteiger partial charge in [-0.25, -0.2) is 9.18 Å². The molecule has 9 heteroatoms. The molecule has 0 bridgehead atoms. The molecule has 1 heterocycles. The van der Waals surface area contributed by atoms with E-state index in [1.165, 1.54) is 29.8 Å². The summed E-state index contributed by atoms with van der Waals surface area (Å²) in [6.45, 7) is 5.58. The van der Waals surface area contributed by atoms with Gasteiger partial charge in [0, 0.05) is 42.5 Å². The lowest BCUT2D eigenvalue weighted by molar-refractivity contribution is -0.134. The van der Waals surface area contributed by atoms with Crippen LogP contribution in [0.15, 0.2) is 72.8 Å². The third-order valence-corrected chi connectivity index (χ3v) is 7.06. The number of amides is 3. The van der Waals surface area contributed by atoms with Crippen LogP contribution in [0.2, 0.25) is 0 Å². The van der Waals surface area contributed by atoms with Gasteiger partial charge in [-0.2, -0.15) is 0 Å². The molecule has 0 aliphatic carbocycles. The Labute approximate surface area is 234 Å². The van der Waals surface area contributed by atoms with E-state index in [0.717, 1.165) is 6.54 Å². The molecule has 1 aliphatic heterocycles. The summed E-state index contributed by atoms with van der Waals surface area (Å²) in [5, 5.41) is 15.3. The Hall–Kier alpha value is -3.95. The van der Waals surface area contributed by atoms with Crippen LogP contribution in [0.3, 0.4) is 0 Å². The SMILES string of the molecule is C[C@H]1CN([C@@H](C)CO)C(=O)Cc2cc(NC(=O)Nc3ccc(F)cc3)ccc2O[C@H]1CN(C)Cc1ccccc1.